The molecular formula is C29H27F6NO7S. The molecule has 0 aliphatic heterocycles. The van der Waals surface area contributed by atoms with Crippen molar-refractivity contribution in [2.45, 2.75) is 44.6 Å². The van der Waals surface area contributed by atoms with Gasteiger partial charge in [-0.15, -0.1) is 0 Å². The van der Waals surface area contributed by atoms with Crippen LogP contribution in [0.25, 0.3) is 11.1 Å². The highest BCUT2D eigenvalue weighted by atomic mass is 32.2. The van der Waals surface area contributed by atoms with Crippen molar-refractivity contribution >= 4 is 22.1 Å². The lowest BCUT2D eigenvalue weighted by Gasteiger charge is -2.18. The average Bonchev–Trinajstić information content (AvgIpc) is 2.94. The molecule has 44 heavy (non-hydrogen) atoms. The van der Waals surface area contributed by atoms with Crippen LogP contribution in [0.2, 0.25) is 0 Å². The van der Waals surface area contributed by atoms with E-state index in [-0.39, 0.29) is 61.4 Å². The molecule has 0 spiro atoms. The number of esters is 2. The average molecular weight is 648 g/mol. The van der Waals surface area contributed by atoms with Crippen LogP contribution in [0.5, 0.6) is 5.75 Å². The molecule has 0 heterocycles. The van der Waals surface area contributed by atoms with Gasteiger partial charge in [0.2, 0.25) is 0 Å². The standard InChI is InChI=1S/C29H27F6NO7S/c1-2-41-27(38)15-20-8-11-25(43-44(39,40)29(33,34)35)24(14-20)23-10-9-22(28(30,31)32)16-21(23)17-36-13-12-26(37)42-18-19-6-4-3-5-7-19/h3-11,14,16,36H,2,12-13,15,17-18H2,1H3. The fourth-order valence-electron chi connectivity index (χ4n) is 3.92. The summed E-state index contributed by atoms with van der Waals surface area (Å²) in [5, 5.41) is 2.79. The van der Waals surface area contributed by atoms with Crippen molar-refractivity contribution < 1.29 is 58.0 Å². The van der Waals surface area contributed by atoms with Gasteiger partial charge in [-0.3, -0.25) is 9.59 Å². The zero-order valence-corrected chi connectivity index (χ0v) is 23.9. The van der Waals surface area contributed by atoms with Gasteiger partial charge in [0.25, 0.3) is 0 Å². The van der Waals surface area contributed by atoms with E-state index in [2.05, 4.69) is 9.50 Å². The number of ether oxygens (including phenoxy) is 2. The van der Waals surface area contributed by atoms with Crippen molar-refractivity contribution in [2.24, 2.45) is 0 Å². The van der Waals surface area contributed by atoms with Gasteiger partial charge in [0.1, 0.15) is 6.61 Å². The van der Waals surface area contributed by atoms with Crippen LogP contribution in [0.4, 0.5) is 26.3 Å². The second-order valence-corrected chi connectivity index (χ2v) is 10.8. The maximum Gasteiger partial charge on any atom is 0.534 e. The molecule has 0 radical (unpaired) electrons. The van der Waals surface area contributed by atoms with Crippen LogP contribution in [-0.2, 0) is 54.9 Å². The molecule has 238 valence electrons. The van der Waals surface area contributed by atoms with E-state index in [4.69, 9.17) is 9.47 Å². The molecule has 0 saturated carbocycles. The molecule has 0 amide bonds. The first-order valence-corrected chi connectivity index (χ1v) is 14.4. The van der Waals surface area contributed by atoms with E-state index in [0.29, 0.717) is 6.07 Å². The topological polar surface area (TPSA) is 108 Å². The largest absolute Gasteiger partial charge is 0.534 e. The van der Waals surface area contributed by atoms with Crippen molar-refractivity contribution in [2.75, 3.05) is 13.2 Å². The molecule has 3 aromatic rings. The summed E-state index contributed by atoms with van der Waals surface area (Å²) < 4.78 is 118. The van der Waals surface area contributed by atoms with Crippen molar-refractivity contribution in [1.29, 1.82) is 0 Å². The Kier molecular flexibility index (Phi) is 11.4. The quantitative estimate of drug-likeness (QED) is 0.0800. The number of hydrogen-bond donors (Lipinski definition) is 1. The summed E-state index contributed by atoms with van der Waals surface area (Å²) in [6.45, 7) is 1.23. The Bertz CT molecular complexity index is 1560. The van der Waals surface area contributed by atoms with E-state index in [9.17, 15) is 44.3 Å². The third-order valence-corrected chi connectivity index (χ3v) is 6.93. The van der Waals surface area contributed by atoms with Crippen molar-refractivity contribution in [3.05, 3.63) is 89.0 Å². The third kappa shape index (κ3) is 9.71. The first kappa shape index (κ1) is 34.4. The summed E-state index contributed by atoms with van der Waals surface area (Å²) in [5.41, 5.74) is -6.53. The first-order chi connectivity index (χ1) is 20.6. The van der Waals surface area contributed by atoms with Gasteiger partial charge in [0.15, 0.2) is 5.75 Å². The summed E-state index contributed by atoms with van der Waals surface area (Å²) >= 11 is 0. The second kappa shape index (κ2) is 14.6. The summed E-state index contributed by atoms with van der Waals surface area (Å²) in [4.78, 5) is 24.1. The lowest BCUT2D eigenvalue weighted by atomic mass is 9.94. The lowest BCUT2D eigenvalue weighted by molar-refractivity contribution is -0.145. The minimum absolute atomic E-state index is 0.0171. The fourth-order valence-corrected chi connectivity index (χ4v) is 4.39. The van der Waals surface area contributed by atoms with Gasteiger partial charge in [-0.25, -0.2) is 0 Å². The van der Waals surface area contributed by atoms with Crippen LogP contribution in [-0.4, -0.2) is 39.0 Å². The summed E-state index contributed by atoms with van der Waals surface area (Å²) in [7, 11) is -6.16. The number of hydrogen-bond acceptors (Lipinski definition) is 8. The van der Waals surface area contributed by atoms with Gasteiger partial charge in [-0.1, -0.05) is 42.5 Å². The Morgan fingerprint density at radius 2 is 1.52 bits per heavy atom. The highest BCUT2D eigenvalue weighted by Crippen LogP contribution is 2.39. The molecule has 1 N–H and O–H groups in total. The number of rotatable bonds is 13. The monoisotopic (exact) mass is 647 g/mol. The van der Waals surface area contributed by atoms with Crippen molar-refractivity contribution in [3.63, 3.8) is 0 Å². The highest BCUT2D eigenvalue weighted by molar-refractivity contribution is 7.88. The summed E-state index contributed by atoms with van der Waals surface area (Å²) in [5.74, 6) is -2.13. The molecule has 0 aliphatic carbocycles. The van der Waals surface area contributed by atoms with E-state index >= 15 is 0 Å². The number of nitrogens with one attached hydrogen (secondary N) is 1. The summed E-state index contributed by atoms with van der Waals surface area (Å²) in [6, 6.07) is 14.3. The van der Waals surface area contributed by atoms with E-state index in [0.717, 1.165) is 35.9 Å². The molecule has 0 unspecified atom stereocenters. The SMILES string of the molecule is CCOC(=O)Cc1ccc(OS(=O)(=O)C(F)(F)F)c(-c2ccc(C(F)(F)F)cc2CNCCC(=O)OCc2ccccc2)c1. The number of benzene rings is 3. The van der Waals surface area contributed by atoms with Gasteiger partial charge in [-0.2, -0.15) is 34.8 Å². The minimum atomic E-state index is -6.16. The zero-order chi connectivity index (χ0) is 32.5. The number of carbonyl (C=O) groups excluding carboxylic acids is 2. The van der Waals surface area contributed by atoms with Crippen molar-refractivity contribution in [3.8, 4) is 16.9 Å². The molecule has 0 aromatic heterocycles. The summed E-state index contributed by atoms with van der Waals surface area (Å²) in [6.07, 6.45) is -5.32. The molecule has 0 bridgehead atoms. The second-order valence-electron chi connectivity index (χ2n) is 9.24. The molecule has 0 saturated heterocycles. The van der Waals surface area contributed by atoms with E-state index in [1.54, 1.807) is 37.3 Å². The van der Waals surface area contributed by atoms with Crippen LogP contribution in [0.1, 0.15) is 35.6 Å². The molecule has 0 aliphatic rings. The lowest BCUT2D eigenvalue weighted by Crippen LogP contribution is -2.28. The Morgan fingerprint density at radius 1 is 0.818 bits per heavy atom. The maximum absolute atomic E-state index is 13.6. The molecule has 0 fully saturated rings. The molecule has 15 heteroatoms. The smallest absolute Gasteiger partial charge is 0.466 e. The number of halogens is 6. The molecule has 8 nitrogen and oxygen atoms in total. The van der Waals surface area contributed by atoms with E-state index < -0.39 is 45.1 Å². The molecular weight excluding hydrogens is 620 g/mol. The maximum atomic E-state index is 13.6. The molecule has 3 rings (SSSR count). The first-order valence-electron chi connectivity index (χ1n) is 13.0. The molecule has 0 atom stereocenters. The normalized spacial score (nSPS) is 12.1. The molecule has 3 aromatic carbocycles. The van der Waals surface area contributed by atoms with E-state index in [1.165, 1.54) is 0 Å². The van der Waals surface area contributed by atoms with E-state index in [1.807, 2.05) is 0 Å². The third-order valence-electron chi connectivity index (χ3n) is 5.97. The fraction of sp³-hybridized carbons (Fsp3) is 0.310. The van der Waals surface area contributed by atoms with Gasteiger partial charge in [0, 0.05) is 18.7 Å². The predicted molar refractivity (Wildman–Crippen MR) is 145 cm³/mol. The Morgan fingerprint density at radius 3 is 2.16 bits per heavy atom. The Hall–Kier alpha value is -4.11. The van der Waals surface area contributed by atoms with Gasteiger partial charge >= 0.3 is 33.7 Å². The van der Waals surface area contributed by atoms with Crippen LogP contribution < -0.4 is 9.50 Å². The van der Waals surface area contributed by atoms with Gasteiger partial charge in [0.05, 0.1) is 25.0 Å². The number of carbonyl (C=O) groups is 2. The zero-order valence-electron chi connectivity index (χ0n) is 23.1. The number of alkyl halides is 6. The minimum Gasteiger partial charge on any atom is -0.466 e. The predicted octanol–water partition coefficient (Wildman–Crippen LogP) is 5.93. The Balaban J connectivity index is 1.92. The van der Waals surface area contributed by atoms with Gasteiger partial charge < -0.3 is 19.0 Å². The van der Waals surface area contributed by atoms with Crippen LogP contribution in [0.15, 0.2) is 66.7 Å². The van der Waals surface area contributed by atoms with Gasteiger partial charge in [-0.05, 0) is 53.4 Å². The van der Waals surface area contributed by atoms with Crippen LogP contribution >= 0.6 is 0 Å². The van der Waals surface area contributed by atoms with Crippen LogP contribution in [0.3, 0.4) is 0 Å². The highest BCUT2D eigenvalue weighted by Gasteiger charge is 2.49. The van der Waals surface area contributed by atoms with Crippen LogP contribution in [0, 0.1) is 0 Å². The Labute approximate surface area is 249 Å². The van der Waals surface area contributed by atoms with Crippen molar-refractivity contribution in [1.82, 2.24) is 5.32 Å².